The van der Waals surface area contributed by atoms with Gasteiger partial charge in [-0.15, -0.1) is 24.0 Å². The Bertz CT molecular complexity index is 557. The highest BCUT2D eigenvalue weighted by atomic mass is 127. The first-order chi connectivity index (χ1) is 12.3. The Balaban J connectivity index is 0.00000676. The maximum absolute atomic E-state index is 12.3. The number of pyridine rings is 1. The SMILES string of the molecule is CN=C(NCCOCCC(C)C)NCc1cccnc1OCC(F)(F)F.I. The van der Waals surface area contributed by atoms with Gasteiger partial charge in [0.15, 0.2) is 12.6 Å². The summed E-state index contributed by atoms with van der Waals surface area (Å²) < 4.78 is 47.2. The molecule has 0 aliphatic heterocycles. The minimum atomic E-state index is -4.41. The third-order valence-electron chi connectivity index (χ3n) is 3.27. The number of aromatic nitrogens is 1. The number of alkyl halides is 3. The van der Waals surface area contributed by atoms with E-state index in [1.807, 2.05) is 0 Å². The summed E-state index contributed by atoms with van der Waals surface area (Å²) in [6, 6.07) is 3.28. The summed E-state index contributed by atoms with van der Waals surface area (Å²) in [5.74, 6) is 1.07. The summed E-state index contributed by atoms with van der Waals surface area (Å²) >= 11 is 0. The monoisotopic (exact) mass is 504 g/mol. The number of guanidine groups is 1. The zero-order valence-corrected chi connectivity index (χ0v) is 18.1. The maximum atomic E-state index is 12.3. The predicted octanol–water partition coefficient (Wildman–Crippen LogP) is 3.37. The second kappa shape index (κ2) is 13.8. The largest absolute Gasteiger partial charge is 0.468 e. The van der Waals surface area contributed by atoms with Gasteiger partial charge in [0.1, 0.15) is 0 Å². The van der Waals surface area contributed by atoms with Crippen LogP contribution in [0.3, 0.4) is 0 Å². The first-order valence-electron chi connectivity index (χ1n) is 8.47. The Labute approximate surface area is 175 Å². The fraction of sp³-hybridized carbons (Fsp3) is 0.647. The van der Waals surface area contributed by atoms with Crippen molar-refractivity contribution in [1.29, 1.82) is 0 Å². The van der Waals surface area contributed by atoms with Gasteiger partial charge in [0.25, 0.3) is 0 Å². The lowest BCUT2D eigenvalue weighted by atomic mass is 10.1. The van der Waals surface area contributed by atoms with Crippen molar-refractivity contribution in [2.45, 2.75) is 33.0 Å². The third-order valence-corrected chi connectivity index (χ3v) is 3.27. The molecule has 6 nitrogen and oxygen atoms in total. The molecule has 0 radical (unpaired) electrons. The Hall–Kier alpha value is -1.30. The van der Waals surface area contributed by atoms with Crippen LogP contribution in [0.5, 0.6) is 5.88 Å². The Kier molecular flexibility index (Phi) is 13.1. The van der Waals surface area contributed by atoms with Gasteiger partial charge in [-0.2, -0.15) is 13.2 Å². The predicted molar refractivity (Wildman–Crippen MR) is 110 cm³/mol. The Morgan fingerprint density at radius 2 is 2.00 bits per heavy atom. The van der Waals surface area contributed by atoms with Crippen LogP contribution in [-0.4, -0.2) is 50.5 Å². The first kappa shape index (κ1) is 25.7. The molecule has 0 unspecified atom stereocenters. The van der Waals surface area contributed by atoms with Crippen LogP contribution in [0.25, 0.3) is 0 Å². The molecular weight excluding hydrogens is 476 g/mol. The van der Waals surface area contributed by atoms with Crippen molar-refractivity contribution in [3.8, 4) is 5.88 Å². The maximum Gasteiger partial charge on any atom is 0.422 e. The van der Waals surface area contributed by atoms with Crippen molar-refractivity contribution < 1.29 is 22.6 Å². The van der Waals surface area contributed by atoms with Crippen LogP contribution in [-0.2, 0) is 11.3 Å². The summed E-state index contributed by atoms with van der Waals surface area (Å²) in [7, 11) is 1.61. The van der Waals surface area contributed by atoms with Crippen molar-refractivity contribution in [2.75, 3.05) is 33.4 Å². The van der Waals surface area contributed by atoms with E-state index in [0.717, 1.165) is 6.42 Å². The van der Waals surface area contributed by atoms with Crippen LogP contribution in [0.15, 0.2) is 23.3 Å². The van der Waals surface area contributed by atoms with Crippen LogP contribution in [0, 0.1) is 5.92 Å². The smallest absolute Gasteiger partial charge is 0.422 e. The van der Waals surface area contributed by atoms with E-state index in [9.17, 15) is 13.2 Å². The number of halogens is 4. The summed E-state index contributed by atoms with van der Waals surface area (Å²) in [6.45, 7) is 4.95. The lowest BCUT2D eigenvalue weighted by molar-refractivity contribution is -0.154. The Morgan fingerprint density at radius 3 is 2.63 bits per heavy atom. The van der Waals surface area contributed by atoms with E-state index in [4.69, 9.17) is 9.47 Å². The van der Waals surface area contributed by atoms with Gasteiger partial charge in [-0.3, -0.25) is 4.99 Å². The number of hydrogen-bond donors (Lipinski definition) is 2. The van der Waals surface area contributed by atoms with Crippen LogP contribution < -0.4 is 15.4 Å². The topological polar surface area (TPSA) is 67.8 Å². The minimum absolute atomic E-state index is 0. The molecule has 0 aliphatic carbocycles. The fourth-order valence-electron chi connectivity index (χ4n) is 1.90. The zero-order valence-electron chi connectivity index (χ0n) is 15.8. The van der Waals surface area contributed by atoms with Gasteiger partial charge < -0.3 is 20.1 Å². The van der Waals surface area contributed by atoms with E-state index in [2.05, 4.69) is 34.5 Å². The quantitative estimate of drug-likeness (QED) is 0.222. The van der Waals surface area contributed by atoms with E-state index >= 15 is 0 Å². The van der Waals surface area contributed by atoms with Crippen LogP contribution in [0.1, 0.15) is 25.8 Å². The molecule has 0 saturated heterocycles. The lowest BCUT2D eigenvalue weighted by Crippen LogP contribution is -2.38. The molecule has 1 aromatic heterocycles. The molecule has 0 bridgehead atoms. The minimum Gasteiger partial charge on any atom is -0.468 e. The summed E-state index contributed by atoms with van der Waals surface area (Å²) in [5, 5.41) is 6.09. The molecule has 0 fully saturated rings. The summed E-state index contributed by atoms with van der Waals surface area (Å²) in [6.07, 6.45) is -2.01. The molecule has 1 heterocycles. The fourth-order valence-corrected chi connectivity index (χ4v) is 1.90. The zero-order chi connectivity index (χ0) is 19.4. The molecule has 0 amide bonds. The molecule has 0 spiro atoms. The second-order valence-electron chi connectivity index (χ2n) is 6.02. The van der Waals surface area contributed by atoms with E-state index < -0.39 is 12.8 Å². The molecule has 156 valence electrons. The highest BCUT2D eigenvalue weighted by molar-refractivity contribution is 14.0. The normalized spacial score (nSPS) is 11.9. The number of hydrogen-bond acceptors (Lipinski definition) is 4. The van der Waals surface area contributed by atoms with Gasteiger partial charge in [0.05, 0.1) is 6.61 Å². The molecule has 0 aromatic carbocycles. The van der Waals surface area contributed by atoms with Crippen molar-refractivity contribution in [3.05, 3.63) is 23.9 Å². The molecule has 10 heteroatoms. The number of nitrogens with one attached hydrogen (secondary N) is 2. The van der Waals surface area contributed by atoms with Gasteiger partial charge >= 0.3 is 6.18 Å². The van der Waals surface area contributed by atoms with Crippen molar-refractivity contribution in [1.82, 2.24) is 15.6 Å². The van der Waals surface area contributed by atoms with Crippen molar-refractivity contribution in [3.63, 3.8) is 0 Å². The first-order valence-corrected chi connectivity index (χ1v) is 8.47. The number of ether oxygens (including phenoxy) is 2. The van der Waals surface area contributed by atoms with Crippen LogP contribution >= 0.6 is 24.0 Å². The average molecular weight is 504 g/mol. The molecule has 2 N–H and O–H groups in total. The van der Waals surface area contributed by atoms with Gasteiger partial charge in [0, 0.05) is 38.5 Å². The molecule has 1 aromatic rings. The van der Waals surface area contributed by atoms with Gasteiger partial charge in [-0.1, -0.05) is 19.9 Å². The van der Waals surface area contributed by atoms with E-state index in [1.54, 1.807) is 19.2 Å². The van der Waals surface area contributed by atoms with E-state index in [1.165, 1.54) is 6.20 Å². The lowest BCUT2D eigenvalue weighted by Gasteiger charge is -2.15. The van der Waals surface area contributed by atoms with Crippen LogP contribution in [0.2, 0.25) is 0 Å². The average Bonchev–Trinajstić information content (AvgIpc) is 2.58. The number of aliphatic imine (C=N–C) groups is 1. The second-order valence-corrected chi connectivity index (χ2v) is 6.02. The molecule has 0 saturated carbocycles. The highest BCUT2D eigenvalue weighted by Crippen LogP contribution is 2.19. The van der Waals surface area contributed by atoms with E-state index in [-0.39, 0.29) is 36.4 Å². The highest BCUT2D eigenvalue weighted by Gasteiger charge is 2.29. The third kappa shape index (κ3) is 12.7. The van der Waals surface area contributed by atoms with Crippen molar-refractivity contribution in [2.24, 2.45) is 10.9 Å². The number of nitrogens with zero attached hydrogens (tertiary/aromatic N) is 2. The standard InChI is InChI=1S/C17H27F3N4O2.HI/c1-13(2)6-9-25-10-8-23-16(21-3)24-11-14-5-4-7-22-15(14)26-12-17(18,19)20;/h4-5,7,13H,6,8-12H2,1-3H3,(H2,21,23,24);1H. The molecular formula is C17H28F3IN4O2. The molecule has 0 atom stereocenters. The van der Waals surface area contributed by atoms with Crippen molar-refractivity contribution >= 4 is 29.9 Å². The molecule has 27 heavy (non-hydrogen) atoms. The van der Waals surface area contributed by atoms with Crippen LogP contribution in [0.4, 0.5) is 13.2 Å². The number of rotatable bonds is 10. The summed E-state index contributed by atoms with van der Waals surface area (Å²) in [5.41, 5.74) is 0.507. The molecule has 1 rings (SSSR count). The van der Waals surface area contributed by atoms with Gasteiger partial charge in [-0.25, -0.2) is 4.98 Å². The molecule has 0 aliphatic rings. The van der Waals surface area contributed by atoms with E-state index in [0.29, 0.717) is 37.2 Å². The Morgan fingerprint density at radius 1 is 1.26 bits per heavy atom. The summed E-state index contributed by atoms with van der Waals surface area (Å²) in [4.78, 5) is 7.91. The van der Waals surface area contributed by atoms with Gasteiger partial charge in [0.2, 0.25) is 5.88 Å². The van der Waals surface area contributed by atoms with Gasteiger partial charge in [-0.05, 0) is 18.4 Å².